The van der Waals surface area contributed by atoms with E-state index in [0.717, 1.165) is 16.9 Å². The second-order valence-electron chi connectivity index (χ2n) is 4.74. The summed E-state index contributed by atoms with van der Waals surface area (Å²) in [5.74, 6) is 5.45. The van der Waals surface area contributed by atoms with Crippen LogP contribution in [0.3, 0.4) is 0 Å². The highest BCUT2D eigenvalue weighted by Gasteiger charge is 2.12. The van der Waals surface area contributed by atoms with E-state index in [9.17, 15) is 4.79 Å². The summed E-state index contributed by atoms with van der Waals surface area (Å²) < 4.78 is 5.69. The molecule has 1 atom stereocenters. The van der Waals surface area contributed by atoms with Crippen LogP contribution in [0.4, 0.5) is 0 Å². The Balaban J connectivity index is 1.88. The van der Waals surface area contributed by atoms with Crippen LogP contribution >= 0.6 is 0 Å². The van der Waals surface area contributed by atoms with Gasteiger partial charge in [-0.25, -0.2) is 5.84 Å². The van der Waals surface area contributed by atoms with Crippen LogP contribution in [-0.2, 0) is 17.8 Å². The third kappa shape index (κ3) is 4.59. The molecular formula is C16H19N3O2. The van der Waals surface area contributed by atoms with Crippen molar-refractivity contribution in [2.75, 3.05) is 0 Å². The maximum atomic E-state index is 11.3. The standard InChI is InChI=1S/C16H19N3O2/c17-15(16(20)19-18)10-12-6-8-14(9-7-12)21-11-13-4-2-1-3-5-13/h1-9,15H,10-11,17-18H2,(H,19,20)/t15-/m1/s1. The topological polar surface area (TPSA) is 90.4 Å². The minimum absolute atomic E-state index is 0.376. The van der Waals surface area contributed by atoms with Gasteiger partial charge in [0.05, 0.1) is 6.04 Å². The van der Waals surface area contributed by atoms with Gasteiger partial charge in [0.2, 0.25) is 0 Å². The van der Waals surface area contributed by atoms with Crippen molar-refractivity contribution in [3.05, 3.63) is 65.7 Å². The molecule has 0 unspecified atom stereocenters. The molecule has 110 valence electrons. The van der Waals surface area contributed by atoms with Crippen LogP contribution in [0.15, 0.2) is 54.6 Å². The number of hydrogen-bond acceptors (Lipinski definition) is 4. The van der Waals surface area contributed by atoms with Crippen LogP contribution in [-0.4, -0.2) is 11.9 Å². The SMILES string of the molecule is NNC(=O)[C@H](N)Cc1ccc(OCc2ccccc2)cc1. The molecule has 0 saturated carbocycles. The average Bonchev–Trinajstić information content (AvgIpc) is 2.54. The average molecular weight is 285 g/mol. The lowest BCUT2D eigenvalue weighted by atomic mass is 10.1. The monoisotopic (exact) mass is 285 g/mol. The highest BCUT2D eigenvalue weighted by molar-refractivity contribution is 5.81. The van der Waals surface area contributed by atoms with Gasteiger partial charge in [0.25, 0.3) is 5.91 Å². The molecule has 0 aromatic heterocycles. The second kappa shape index (κ2) is 7.42. The molecule has 0 bridgehead atoms. The van der Waals surface area contributed by atoms with E-state index in [1.165, 1.54) is 0 Å². The van der Waals surface area contributed by atoms with E-state index in [1.54, 1.807) is 0 Å². The van der Waals surface area contributed by atoms with Gasteiger partial charge >= 0.3 is 0 Å². The largest absolute Gasteiger partial charge is 0.489 e. The fourth-order valence-corrected chi connectivity index (χ4v) is 1.92. The Morgan fingerprint density at radius 3 is 2.33 bits per heavy atom. The summed E-state index contributed by atoms with van der Waals surface area (Å²) >= 11 is 0. The fourth-order valence-electron chi connectivity index (χ4n) is 1.92. The molecule has 5 heteroatoms. The van der Waals surface area contributed by atoms with Crippen molar-refractivity contribution in [2.45, 2.75) is 19.1 Å². The Morgan fingerprint density at radius 1 is 1.05 bits per heavy atom. The molecule has 0 fully saturated rings. The van der Waals surface area contributed by atoms with Gasteiger partial charge in [0.1, 0.15) is 12.4 Å². The molecule has 0 aliphatic rings. The lowest BCUT2D eigenvalue weighted by molar-refractivity contribution is -0.122. The predicted molar refractivity (Wildman–Crippen MR) is 81.2 cm³/mol. The molecule has 0 saturated heterocycles. The lowest BCUT2D eigenvalue weighted by Crippen LogP contribution is -2.45. The van der Waals surface area contributed by atoms with Crippen LogP contribution in [0.25, 0.3) is 0 Å². The van der Waals surface area contributed by atoms with Gasteiger partial charge < -0.3 is 10.5 Å². The first-order valence-corrected chi connectivity index (χ1v) is 6.71. The number of hydrazine groups is 1. The zero-order valence-corrected chi connectivity index (χ0v) is 11.7. The first-order valence-electron chi connectivity index (χ1n) is 6.71. The van der Waals surface area contributed by atoms with Crippen molar-refractivity contribution >= 4 is 5.91 Å². The van der Waals surface area contributed by atoms with Crippen LogP contribution in [0.2, 0.25) is 0 Å². The molecule has 0 radical (unpaired) electrons. The Kier molecular flexibility index (Phi) is 5.31. The molecule has 5 N–H and O–H groups in total. The molecule has 5 nitrogen and oxygen atoms in total. The zero-order chi connectivity index (χ0) is 15.1. The maximum absolute atomic E-state index is 11.3. The molecule has 0 aliphatic carbocycles. The highest BCUT2D eigenvalue weighted by Crippen LogP contribution is 2.15. The molecule has 2 aromatic rings. The minimum Gasteiger partial charge on any atom is -0.489 e. The van der Waals surface area contributed by atoms with Crippen LogP contribution in [0, 0.1) is 0 Å². The van der Waals surface area contributed by atoms with Crippen LogP contribution < -0.4 is 21.7 Å². The molecule has 2 rings (SSSR count). The third-order valence-electron chi connectivity index (χ3n) is 3.11. The van der Waals surface area contributed by atoms with Crippen molar-refractivity contribution < 1.29 is 9.53 Å². The van der Waals surface area contributed by atoms with Crippen molar-refractivity contribution in [1.82, 2.24) is 5.43 Å². The second-order valence-corrected chi connectivity index (χ2v) is 4.74. The minimum atomic E-state index is -0.647. The fraction of sp³-hybridized carbons (Fsp3) is 0.188. The number of rotatable bonds is 6. The third-order valence-corrected chi connectivity index (χ3v) is 3.11. The Hall–Kier alpha value is -2.37. The molecule has 21 heavy (non-hydrogen) atoms. The van der Waals surface area contributed by atoms with Gasteiger partial charge in [-0.15, -0.1) is 0 Å². The van der Waals surface area contributed by atoms with Gasteiger partial charge in [0.15, 0.2) is 0 Å². The van der Waals surface area contributed by atoms with E-state index >= 15 is 0 Å². The summed E-state index contributed by atoms with van der Waals surface area (Å²) in [6, 6.07) is 16.8. The molecule has 2 aromatic carbocycles. The van der Waals surface area contributed by atoms with E-state index < -0.39 is 6.04 Å². The van der Waals surface area contributed by atoms with Crippen molar-refractivity contribution in [2.24, 2.45) is 11.6 Å². The van der Waals surface area contributed by atoms with E-state index in [4.69, 9.17) is 16.3 Å². The summed E-state index contributed by atoms with van der Waals surface area (Å²) in [6.07, 6.45) is 0.433. The Morgan fingerprint density at radius 2 is 1.71 bits per heavy atom. The van der Waals surface area contributed by atoms with Crippen LogP contribution in [0.5, 0.6) is 5.75 Å². The number of carbonyl (C=O) groups is 1. The molecule has 0 aliphatic heterocycles. The quantitative estimate of drug-likeness (QED) is 0.421. The molecular weight excluding hydrogens is 266 g/mol. The van der Waals surface area contributed by atoms with Gasteiger partial charge in [0, 0.05) is 0 Å². The van der Waals surface area contributed by atoms with Gasteiger partial charge in [-0.05, 0) is 29.7 Å². The maximum Gasteiger partial charge on any atom is 0.251 e. The number of benzene rings is 2. The highest BCUT2D eigenvalue weighted by atomic mass is 16.5. The predicted octanol–water partition coefficient (Wildman–Crippen LogP) is 1.13. The molecule has 1 amide bonds. The van der Waals surface area contributed by atoms with Crippen LogP contribution in [0.1, 0.15) is 11.1 Å². The summed E-state index contributed by atoms with van der Waals surface area (Å²) in [5, 5.41) is 0. The normalized spacial score (nSPS) is 11.7. The summed E-state index contributed by atoms with van der Waals surface area (Å²) in [4.78, 5) is 11.3. The van der Waals surface area contributed by atoms with Crippen molar-refractivity contribution in [1.29, 1.82) is 0 Å². The van der Waals surface area contributed by atoms with Crippen molar-refractivity contribution in [3.63, 3.8) is 0 Å². The number of hydrogen-bond donors (Lipinski definition) is 3. The van der Waals surface area contributed by atoms with E-state index in [2.05, 4.69) is 0 Å². The first-order chi connectivity index (χ1) is 10.2. The smallest absolute Gasteiger partial charge is 0.251 e. The van der Waals surface area contributed by atoms with Gasteiger partial charge in [-0.1, -0.05) is 42.5 Å². The van der Waals surface area contributed by atoms with E-state index in [0.29, 0.717) is 13.0 Å². The number of amides is 1. The number of nitrogens with two attached hydrogens (primary N) is 2. The number of nitrogens with one attached hydrogen (secondary N) is 1. The van der Waals surface area contributed by atoms with Crippen molar-refractivity contribution in [3.8, 4) is 5.75 Å². The van der Waals surface area contributed by atoms with Gasteiger partial charge in [-0.2, -0.15) is 0 Å². The lowest BCUT2D eigenvalue weighted by Gasteiger charge is -2.11. The number of carbonyl (C=O) groups excluding carboxylic acids is 1. The van der Waals surface area contributed by atoms with Gasteiger partial charge in [-0.3, -0.25) is 10.2 Å². The number of ether oxygens (including phenoxy) is 1. The Labute approximate surface area is 123 Å². The summed E-state index contributed by atoms with van der Waals surface area (Å²) in [5.41, 5.74) is 9.83. The molecule has 0 spiro atoms. The van der Waals surface area contributed by atoms with E-state index in [1.807, 2.05) is 60.0 Å². The first kappa shape index (κ1) is 15.0. The molecule has 0 heterocycles. The summed E-state index contributed by atoms with van der Waals surface area (Å²) in [6.45, 7) is 0.523. The van der Waals surface area contributed by atoms with E-state index in [-0.39, 0.29) is 5.91 Å². The zero-order valence-electron chi connectivity index (χ0n) is 11.7. The Bertz CT molecular complexity index is 570. The summed E-state index contributed by atoms with van der Waals surface area (Å²) in [7, 11) is 0.